The Morgan fingerprint density at radius 2 is 1.81 bits per heavy atom. The number of rotatable bonds is 5. The van der Waals surface area contributed by atoms with Crippen LogP contribution >= 0.6 is 0 Å². The van der Waals surface area contributed by atoms with E-state index in [1.54, 1.807) is 30.3 Å². The van der Waals surface area contributed by atoms with Crippen LogP contribution in [0.5, 0.6) is 11.5 Å². The highest BCUT2D eigenvalue weighted by atomic mass is 32.2. The SMILES string of the molecule is NS(=O)(=O)Cc1cc([N+](=O)[O-])ccc1Oc1ccccc1. The number of non-ortho nitro benzene ring substituents is 1. The zero-order valence-electron chi connectivity index (χ0n) is 10.8. The second-order valence-electron chi connectivity index (χ2n) is 4.27. The zero-order valence-corrected chi connectivity index (χ0v) is 11.6. The maximum absolute atomic E-state index is 11.2. The number of hydrogen-bond acceptors (Lipinski definition) is 5. The van der Waals surface area contributed by atoms with Crippen molar-refractivity contribution in [3.8, 4) is 11.5 Å². The molecule has 0 atom stereocenters. The molecule has 7 nitrogen and oxygen atoms in total. The van der Waals surface area contributed by atoms with Gasteiger partial charge < -0.3 is 4.74 Å². The van der Waals surface area contributed by atoms with Gasteiger partial charge in [-0.3, -0.25) is 10.1 Å². The lowest BCUT2D eigenvalue weighted by atomic mass is 10.2. The summed E-state index contributed by atoms with van der Waals surface area (Å²) in [7, 11) is -3.84. The first kappa shape index (κ1) is 14.9. The van der Waals surface area contributed by atoms with Crippen LogP contribution in [0, 0.1) is 10.1 Å². The molecule has 110 valence electrons. The molecule has 0 spiro atoms. The van der Waals surface area contributed by atoms with Gasteiger partial charge in [0.1, 0.15) is 11.5 Å². The number of hydrogen-bond donors (Lipinski definition) is 1. The molecule has 0 bridgehead atoms. The van der Waals surface area contributed by atoms with Gasteiger partial charge in [0, 0.05) is 17.7 Å². The van der Waals surface area contributed by atoms with E-state index < -0.39 is 20.7 Å². The van der Waals surface area contributed by atoms with Crippen LogP contribution in [0.4, 0.5) is 5.69 Å². The summed E-state index contributed by atoms with van der Waals surface area (Å²) in [5.74, 6) is 0.152. The molecule has 2 N–H and O–H groups in total. The summed E-state index contributed by atoms with van der Waals surface area (Å²) in [6.45, 7) is 0. The molecule has 0 aliphatic heterocycles. The first-order valence-electron chi connectivity index (χ1n) is 5.86. The minimum atomic E-state index is -3.84. The molecule has 2 aromatic carbocycles. The monoisotopic (exact) mass is 308 g/mol. The second kappa shape index (κ2) is 5.90. The van der Waals surface area contributed by atoms with Gasteiger partial charge in [0.25, 0.3) is 5.69 Å². The van der Waals surface area contributed by atoms with Gasteiger partial charge in [-0.25, -0.2) is 13.6 Å². The minimum Gasteiger partial charge on any atom is -0.457 e. The van der Waals surface area contributed by atoms with Crippen molar-refractivity contribution >= 4 is 15.7 Å². The van der Waals surface area contributed by atoms with Crippen molar-refractivity contribution in [1.82, 2.24) is 0 Å². The largest absolute Gasteiger partial charge is 0.457 e. The number of nitro groups is 1. The number of nitrogens with zero attached hydrogens (tertiary/aromatic N) is 1. The van der Waals surface area contributed by atoms with E-state index in [0.29, 0.717) is 5.75 Å². The number of nitrogens with two attached hydrogens (primary N) is 1. The first-order chi connectivity index (χ1) is 9.85. The molecule has 0 amide bonds. The molecule has 21 heavy (non-hydrogen) atoms. The molecule has 0 saturated carbocycles. The predicted octanol–water partition coefficient (Wildman–Crippen LogP) is 2.18. The van der Waals surface area contributed by atoms with Crippen molar-refractivity contribution in [3.63, 3.8) is 0 Å². The van der Waals surface area contributed by atoms with E-state index in [1.807, 2.05) is 0 Å². The molecule has 0 heterocycles. The van der Waals surface area contributed by atoms with Crippen LogP contribution in [0.2, 0.25) is 0 Å². The zero-order chi connectivity index (χ0) is 15.5. The number of primary sulfonamides is 1. The van der Waals surface area contributed by atoms with E-state index >= 15 is 0 Å². The highest BCUT2D eigenvalue weighted by Gasteiger charge is 2.16. The Kier molecular flexibility index (Phi) is 4.20. The Bertz CT molecular complexity index is 759. The molecule has 2 rings (SSSR count). The summed E-state index contributed by atoms with van der Waals surface area (Å²) in [4.78, 5) is 10.2. The highest BCUT2D eigenvalue weighted by Crippen LogP contribution is 2.29. The summed E-state index contributed by atoms with van der Waals surface area (Å²) >= 11 is 0. The molecule has 8 heteroatoms. The molecule has 0 saturated heterocycles. The van der Waals surface area contributed by atoms with E-state index in [0.717, 1.165) is 6.07 Å². The third-order valence-corrected chi connectivity index (χ3v) is 3.30. The Hall–Kier alpha value is -2.45. The van der Waals surface area contributed by atoms with Crippen LogP contribution in [0.1, 0.15) is 5.56 Å². The van der Waals surface area contributed by atoms with Crippen LogP contribution in [0.15, 0.2) is 48.5 Å². The Labute approximate surface area is 121 Å². The number of para-hydroxylation sites is 1. The van der Waals surface area contributed by atoms with Gasteiger partial charge in [-0.1, -0.05) is 18.2 Å². The first-order valence-corrected chi connectivity index (χ1v) is 7.57. The van der Waals surface area contributed by atoms with Crippen LogP contribution in [-0.2, 0) is 15.8 Å². The lowest BCUT2D eigenvalue weighted by Gasteiger charge is -2.10. The van der Waals surface area contributed by atoms with Crippen molar-refractivity contribution in [2.45, 2.75) is 5.75 Å². The van der Waals surface area contributed by atoms with E-state index in [-0.39, 0.29) is 17.0 Å². The second-order valence-corrected chi connectivity index (χ2v) is 5.89. The average molecular weight is 308 g/mol. The number of nitro benzene ring substituents is 1. The normalized spacial score (nSPS) is 11.1. The third-order valence-electron chi connectivity index (χ3n) is 2.58. The Balaban J connectivity index is 2.41. The molecule has 0 aromatic heterocycles. The van der Waals surface area contributed by atoms with E-state index in [4.69, 9.17) is 9.88 Å². The van der Waals surface area contributed by atoms with Gasteiger partial charge >= 0.3 is 0 Å². The van der Waals surface area contributed by atoms with E-state index in [1.165, 1.54) is 12.1 Å². The summed E-state index contributed by atoms with van der Waals surface area (Å²) < 4.78 is 28.0. The van der Waals surface area contributed by atoms with Gasteiger partial charge in [-0.15, -0.1) is 0 Å². The van der Waals surface area contributed by atoms with Crippen LogP contribution in [0.25, 0.3) is 0 Å². The quantitative estimate of drug-likeness (QED) is 0.672. The maximum Gasteiger partial charge on any atom is 0.270 e. The smallest absolute Gasteiger partial charge is 0.270 e. The molecule has 0 aliphatic carbocycles. The fourth-order valence-electron chi connectivity index (χ4n) is 1.72. The molecule has 0 radical (unpaired) electrons. The number of sulfonamides is 1. The van der Waals surface area contributed by atoms with Gasteiger partial charge in [0.05, 0.1) is 10.7 Å². The Morgan fingerprint density at radius 3 is 2.38 bits per heavy atom. The fraction of sp³-hybridized carbons (Fsp3) is 0.0769. The van der Waals surface area contributed by atoms with Gasteiger partial charge in [0.15, 0.2) is 0 Å². The van der Waals surface area contributed by atoms with Crippen molar-refractivity contribution in [1.29, 1.82) is 0 Å². The summed E-state index contributed by atoms with van der Waals surface area (Å²) in [5.41, 5.74) is -0.0929. The van der Waals surface area contributed by atoms with Crippen molar-refractivity contribution in [3.05, 3.63) is 64.2 Å². The third kappa shape index (κ3) is 4.26. The van der Waals surface area contributed by atoms with Crippen molar-refractivity contribution in [2.24, 2.45) is 5.14 Å². The fourth-order valence-corrected chi connectivity index (χ4v) is 2.38. The van der Waals surface area contributed by atoms with E-state index in [2.05, 4.69) is 0 Å². The summed E-state index contributed by atoms with van der Waals surface area (Å²) in [6, 6.07) is 12.4. The van der Waals surface area contributed by atoms with Crippen LogP contribution in [-0.4, -0.2) is 13.3 Å². The van der Waals surface area contributed by atoms with Gasteiger partial charge in [-0.2, -0.15) is 0 Å². The van der Waals surface area contributed by atoms with Crippen LogP contribution < -0.4 is 9.88 Å². The number of benzene rings is 2. The van der Waals surface area contributed by atoms with E-state index in [9.17, 15) is 18.5 Å². The minimum absolute atomic E-state index is 0.135. The van der Waals surface area contributed by atoms with Gasteiger partial charge in [0.2, 0.25) is 10.0 Å². The molecule has 2 aromatic rings. The lowest BCUT2D eigenvalue weighted by molar-refractivity contribution is -0.384. The number of ether oxygens (including phenoxy) is 1. The summed E-state index contributed by atoms with van der Waals surface area (Å²) in [5, 5.41) is 15.8. The van der Waals surface area contributed by atoms with Gasteiger partial charge in [-0.05, 0) is 18.2 Å². The predicted molar refractivity (Wildman–Crippen MR) is 76.4 cm³/mol. The molecule has 0 aliphatic rings. The highest BCUT2D eigenvalue weighted by molar-refractivity contribution is 7.88. The molecular weight excluding hydrogens is 296 g/mol. The van der Waals surface area contributed by atoms with Crippen molar-refractivity contribution in [2.75, 3.05) is 0 Å². The molecule has 0 unspecified atom stereocenters. The summed E-state index contributed by atoms with van der Waals surface area (Å²) in [6.07, 6.45) is 0. The maximum atomic E-state index is 11.2. The topological polar surface area (TPSA) is 113 Å². The molecule has 0 fully saturated rings. The van der Waals surface area contributed by atoms with Crippen LogP contribution in [0.3, 0.4) is 0 Å². The van der Waals surface area contributed by atoms with Crippen molar-refractivity contribution < 1.29 is 18.1 Å². The standard InChI is InChI=1S/C13H12N2O5S/c14-21(18,19)9-10-8-11(15(16)17)6-7-13(10)20-12-4-2-1-3-5-12/h1-8H,9H2,(H2,14,18,19). The lowest BCUT2D eigenvalue weighted by Crippen LogP contribution is -2.15. The Morgan fingerprint density at radius 1 is 1.14 bits per heavy atom. The molecular formula is C13H12N2O5S. The average Bonchev–Trinajstić information content (AvgIpc) is 2.40.